The molecule has 0 aliphatic rings. The monoisotopic (exact) mass is 545 g/mol. The van der Waals surface area contributed by atoms with Gasteiger partial charge in [-0.25, -0.2) is 0 Å². The molecule has 0 bridgehead atoms. The summed E-state index contributed by atoms with van der Waals surface area (Å²) in [6.07, 6.45) is 2.16. The van der Waals surface area contributed by atoms with E-state index in [0.29, 0.717) is 0 Å². The Morgan fingerprint density at radius 2 is 1.22 bits per heavy atom. The summed E-state index contributed by atoms with van der Waals surface area (Å²) in [7, 11) is 0. The van der Waals surface area contributed by atoms with Gasteiger partial charge in [0.25, 0.3) is 0 Å². The van der Waals surface area contributed by atoms with E-state index in [4.69, 9.17) is 0 Å². The second kappa shape index (κ2) is 9.85. The summed E-state index contributed by atoms with van der Waals surface area (Å²) < 4.78 is 3.50. The Labute approximate surface area is 224 Å². The minimum Gasteiger partial charge on any atom is -0.309 e. The molecular formula is C33H24BrNS. The zero-order chi connectivity index (χ0) is 24.5. The maximum atomic E-state index is 3.67. The molecule has 3 heteroatoms. The zero-order valence-corrected chi connectivity index (χ0v) is 22.3. The van der Waals surface area contributed by atoms with Crippen LogP contribution in [0.25, 0.3) is 50.1 Å². The zero-order valence-electron chi connectivity index (χ0n) is 19.9. The average Bonchev–Trinajstić information content (AvgIpc) is 3.34. The number of hydrogen-bond acceptors (Lipinski definition) is 1. The Morgan fingerprint density at radius 1 is 0.583 bits per heavy atom. The van der Waals surface area contributed by atoms with Crippen molar-refractivity contribution in [2.45, 2.75) is 4.90 Å². The summed E-state index contributed by atoms with van der Waals surface area (Å²) in [5.74, 6) is 0. The molecule has 36 heavy (non-hydrogen) atoms. The number of aromatic nitrogens is 1. The topological polar surface area (TPSA) is 4.93 Å². The highest BCUT2D eigenvalue weighted by Crippen LogP contribution is 2.45. The molecule has 6 rings (SSSR count). The summed E-state index contributed by atoms with van der Waals surface area (Å²) in [5, 5.41) is 2.48. The fraction of sp³-hybridized carbons (Fsp3) is 0.0303. The molecule has 0 saturated carbocycles. The maximum Gasteiger partial charge on any atom is 0.0613 e. The number of fused-ring (bicyclic) bond motifs is 1. The van der Waals surface area contributed by atoms with Gasteiger partial charge in [-0.05, 0) is 76.2 Å². The van der Waals surface area contributed by atoms with Gasteiger partial charge < -0.3 is 4.57 Å². The standard InChI is InChI=1S/C33H24BrNS/c1-36-32-21-25-17-18-27(34)19-26(25)20-29(32)30-22-31(23-11-5-2-6-12-23)35(28-15-9-4-10-16-28)33(30)24-13-7-3-8-14-24/h2-22H,1H3. The first-order valence-corrected chi connectivity index (χ1v) is 13.9. The van der Waals surface area contributed by atoms with Crippen molar-refractivity contribution in [3.63, 3.8) is 0 Å². The molecule has 5 aromatic carbocycles. The second-order valence-corrected chi connectivity index (χ2v) is 10.5. The lowest BCUT2D eigenvalue weighted by Crippen LogP contribution is -2.00. The van der Waals surface area contributed by atoms with Crippen LogP contribution >= 0.6 is 27.7 Å². The molecule has 0 radical (unpaired) electrons. The van der Waals surface area contributed by atoms with Crippen molar-refractivity contribution in [1.82, 2.24) is 4.57 Å². The maximum absolute atomic E-state index is 3.67. The molecular weight excluding hydrogens is 522 g/mol. The lowest BCUT2D eigenvalue weighted by molar-refractivity contribution is 1.09. The molecule has 1 heterocycles. The first-order valence-electron chi connectivity index (χ1n) is 11.9. The molecule has 1 aromatic heterocycles. The van der Waals surface area contributed by atoms with Gasteiger partial charge in [-0.3, -0.25) is 0 Å². The average molecular weight is 547 g/mol. The molecule has 0 unspecified atom stereocenters. The van der Waals surface area contributed by atoms with E-state index in [0.717, 1.165) is 10.2 Å². The molecule has 0 aliphatic carbocycles. The van der Waals surface area contributed by atoms with E-state index >= 15 is 0 Å². The van der Waals surface area contributed by atoms with Crippen molar-refractivity contribution in [3.8, 4) is 39.3 Å². The Hall–Kier alpha value is -3.53. The predicted octanol–water partition coefficient (Wildman–Crippen LogP) is 10.1. The van der Waals surface area contributed by atoms with Crippen LogP contribution in [0.5, 0.6) is 0 Å². The summed E-state index contributed by atoms with van der Waals surface area (Å²) in [6.45, 7) is 0. The van der Waals surface area contributed by atoms with Gasteiger partial charge >= 0.3 is 0 Å². The van der Waals surface area contributed by atoms with Crippen LogP contribution in [0.4, 0.5) is 0 Å². The molecule has 0 fully saturated rings. The van der Waals surface area contributed by atoms with Gasteiger partial charge in [-0.15, -0.1) is 11.8 Å². The van der Waals surface area contributed by atoms with E-state index in [2.05, 4.69) is 154 Å². The molecule has 174 valence electrons. The number of hydrogen-bond donors (Lipinski definition) is 0. The van der Waals surface area contributed by atoms with E-state index in [1.165, 1.54) is 49.3 Å². The van der Waals surface area contributed by atoms with Gasteiger partial charge in [0.1, 0.15) is 0 Å². The number of thioether (sulfide) groups is 1. The Balaban J connectivity index is 1.74. The molecule has 0 spiro atoms. The van der Waals surface area contributed by atoms with Crippen LogP contribution in [0.2, 0.25) is 0 Å². The van der Waals surface area contributed by atoms with Gasteiger partial charge in [0.2, 0.25) is 0 Å². The van der Waals surface area contributed by atoms with E-state index < -0.39 is 0 Å². The molecule has 0 N–H and O–H groups in total. The SMILES string of the molecule is CSc1cc2ccc(Br)cc2cc1-c1cc(-c2ccccc2)n(-c2ccccc2)c1-c1ccccc1. The van der Waals surface area contributed by atoms with Crippen molar-refractivity contribution in [3.05, 3.63) is 132 Å². The lowest BCUT2D eigenvalue weighted by Gasteiger charge is -2.16. The van der Waals surface area contributed by atoms with Crippen molar-refractivity contribution in [2.75, 3.05) is 6.26 Å². The second-order valence-electron chi connectivity index (χ2n) is 8.74. The van der Waals surface area contributed by atoms with Gasteiger partial charge in [-0.1, -0.05) is 101 Å². The minimum absolute atomic E-state index is 1.09. The van der Waals surface area contributed by atoms with Gasteiger partial charge in [0.05, 0.1) is 11.4 Å². The summed E-state index contributed by atoms with van der Waals surface area (Å²) in [5.41, 5.74) is 8.39. The summed E-state index contributed by atoms with van der Waals surface area (Å²) in [4.78, 5) is 1.27. The fourth-order valence-electron chi connectivity index (χ4n) is 4.89. The summed E-state index contributed by atoms with van der Waals surface area (Å²) in [6, 6.07) is 45.6. The minimum atomic E-state index is 1.09. The Morgan fingerprint density at radius 3 is 1.89 bits per heavy atom. The lowest BCUT2D eigenvalue weighted by atomic mass is 9.98. The third kappa shape index (κ3) is 4.19. The van der Waals surface area contributed by atoms with E-state index in [1.54, 1.807) is 11.8 Å². The van der Waals surface area contributed by atoms with E-state index in [1.807, 2.05) is 0 Å². The molecule has 1 nitrogen and oxygen atoms in total. The Bertz CT molecular complexity index is 1660. The van der Waals surface area contributed by atoms with Crippen LogP contribution in [0.1, 0.15) is 0 Å². The number of rotatable bonds is 5. The molecule has 0 atom stereocenters. The predicted molar refractivity (Wildman–Crippen MR) is 159 cm³/mol. The highest BCUT2D eigenvalue weighted by atomic mass is 79.9. The first kappa shape index (κ1) is 22.9. The van der Waals surface area contributed by atoms with E-state index in [9.17, 15) is 0 Å². The smallest absolute Gasteiger partial charge is 0.0613 e. The number of para-hydroxylation sites is 1. The van der Waals surface area contributed by atoms with Gasteiger partial charge in [0, 0.05) is 20.6 Å². The van der Waals surface area contributed by atoms with Crippen LogP contribution in [-0.4, -0.2) is 10.8 Å². The fourth-order valence-corrected chi connectivity index (χ4v) is 5.90. The normalized spacial score (nSPS) is 11.2. The van der Waals surface area contributed by atoms with Gasteiger partial charge in [-0.2, -0.15) is 0 Å². The highest BCUT2D eigenvalue weighted by molar-refractivity contribution is 9.10. The molecule has 0 aliphatic heterocycles. The van der Waals surface area contributed by atoms with Crippen LogP contribution in [0.15, 0.2) is 137 Å². The van der Waals surface area contributed by atoms with Crippen LogP contribution in [-0.2, 0) is 0 Å². The Kier molecular flexibility index (Phi) is 6.27. The summed E-state index contributed by atoms with van der Waals surface area (Å²) >= 11 is 5.47. The number of nitrogens with zero attached hydrogens (tertiary/aromatic N) is 1. The molecule has 6 aromatic rings. The van der Waals surface area contributed by atoms with Gasteiger partial charge in [0.15, 0.2) is 0 Å². The number of benzene rings is 5. The first-order chi connectivity index (χ1) is 17.7. The van der Waals surface area contributed by atoms with Crippen LogP contribution in [0.3, 0.4) is 0 Å². The van der Waals surface area contributed by atoms with Crippen molar-refractivity contribution in [1.29, 1.82) is 0 Å². The molecule has 0 saturated heterocycles. The molecule has 0 amide bonds. The highest BCUT2D eigenvalue weighted by Gasteiger charge is 2.22. The largest absolute Gasteiger partial charge is 0.309 e. The quantitative estimate of drug-likeness (QED) is 0.195. The third-order valence-electron chi connectivity index (χ3n) is 6.54. The third-order valence-corrected chi connectivity index (χ3v) is 7.81. The van der Waals surface area contributed by atoms with Crippen molar-refractivity contribution >= 4 is 38.5 Å². The van der Waals surface area contributed by atoms with Crippen molar-refractivity contribution in [2.24, 2.45) is 0 Å². The van der Waals surface area contributed by atoms with E-state index in [-0.39, 0.29) is 0 Å². The van der Waals surface area contributed by atoms with Crippen molar-refractivity contribution < 1.29 is 0 Å². The number of halogens is 1. The van der Waals surface area contributed by atoms with Crippen LogP contribution in [0, 0.1) is 0 Å². The van der Waals surface area contributed by atoms with Crippen LogP contribution < -0.4 is 0 Å².